The number of carbonyl (C=O) groups is 2. The van der Waals surface area contributed by atoms with Gasteiger partial charge >= 0.3 is 0 Å². The molecule has 2 aromatic carbocycles. The Balaban J connectivity index is 1.50. The molecule has 1 aromatic heterocycles. The Labute approximate surface area is 222 Å². The number of hydrogen-bond donors (Lipinski definition) is 5. The second-order valence-electron chi connectivity index (χ2n) is 8.62. The Hall–Kier alpha value is -4.36. The molecule has 196 valence electrons. The second kappa shape index (κ2) is 14.4. The van der Waals surface area contributed by atoms with Crippen LogP contribution in [0.4, 0.5) is 5.69 Å². The standard InChI is InChI=1S/C29H31N5O4/c1-20(32-28(21(2)35)29(37)34-38)25-11-7-22(8-12-25)5-6-23-9-13-26(14-10-23)33-27(36)19-31-17-15-24-4-3-16-30-18-24/h3-4,7-14,16,18,21,28,31,35,38H,15,17,19H2,1-2H3,(H,33,36)(H,34,37)/t21-,28+/m1/s1. The van der Waals surface area contributed by atoms with Crippen LogP contribution in [0.3, 0.4) is 0 Å². The van der Waals surface area contributed by atoms with Gasteiger partial charge in [0.05, 0.1) is 12.6 Å². The molecule has 9 heteroatoms. The highest BCUT2D eigenvalue weighted by atomic mass is 16.5. The summed E-state index contributed by atoms with van der Waals surface area (Å²) in [6, 6.07) is 17.4. The fraction of sp³-hybridized carbons (Fsp3) is 0.241. The molecule has 0 saturated carbocycles. The first-order valence-electron chi connectivity index (χ1n) is 12.1. The van der Waals surface area contributed by atoms with Gasteiger partial charge in [0.25, 0.3) is 5.91 Å². The Bertz CT molecular complexity index is 1290. The number of carbonyl (C=O) groups excluding carboxylic acids is 2. The summed E-state index contributed by atoms with van der Waals surface area (Å²) in [7, 11) is 0. The zero-order valence-electron chi connectivity index (χ0n) is 21.3. The number of anilines is 1. The van der Waals surface area contributed by atoms with Crippen molar-refractivity contribution in [3.05, 3.63) is 95.3 Å². The molecule has 2 amide bonds. The number of hydrogen-bond acceptors (Lipinski definition) is 7. The van der Waals surface area contributed by atoms with E-state index in [0.29, 0.717) is 17.9 Å². The average Bonchev–Trinajstić information content (AvgIpc) is 2.94. The van der Waals surface area contributed by atoms with Crippen LogP contribution in [0.25, 0.3) is 0 Å². The lowest BCUT2D eigenvalue weighted by atomic mass is 10.1. The predicted octanol–water partition coefficient (Wildman–Crippen LogP) is 2.32. The van der Waals surface area contributed by atoms with Gasteiger partial charge < -0.3 is 15.7 Å². The summed E-state index contributed by atoms with van der Waals surface area (Å²) in [6.45, 7) is 4.06. The number of nitrogens with one attached hydrogen (secondary N) is 3. The van der Waals surface area contributed by atoms with Crippen LogP contribution in [0.5, 0.6) is 0 Å². The van der Waals surface area contributed by atoms with Crippen molar-refractivity contribution in [3.63, 3.8) is 0 Å². The largest absolute Gasteiger partial charge is 0.391 e. The third kappa shape index (κ3) is 8.94. The lowest BCUT2D eigenvalue weighted by molar-refractivity contribution is -0.132. The van der Waals surface area contributed by atoms with E-state index in [9.17, 15) is 14.7 Å². The van der Waals surface area contributed by atoms with Crippen molar-refractivity contribution in [2.75, 3.05) is 18.4 Å². The quantitative estimate of drug-likeness (QED) is 0.0928. The van der Waals surface area contributed by atoms with Gasteiger partial charge in [0, 0.05) is 34.9 Å². The summed E-state index contributed by atoms with van der Waals surface area (Å²) in [5, 5.41) is 24.6. The molecule has 0 radical (unpaired) electrons. The maximum atomic E-state index is 12.2. The van der Waals surface area contributed by atoms with Gasteiger partial charge in [-0.05, 0) is 80.4 Å². The first kappa shape index (κ1) is 28.2. The molecule has 0 aliphatic carbocycles. The number of aromatic nitrogens is 1. The first-order valence-corrected chi connectivity index (χ1v) is 12.1. The van der Waals surface area contributed by atoms with Gasteiger partial charge in [-0.15, -0.1) is 0 Å². The van der Waals surface area contributed by atoms with E-state index in [1.807, 2.05) is 66.9 Å². The summed E-state index contributed by atoms with van der Waals surface area (Å²) in [6.07, 6.45) is 3.30. The van der Waals surface area contributed by atoms with Crippen LogP contribution in [-0.2, 0) is 16.0 Å². The fourth-order valence-electron chi connectivity index (χ4n) is 3.50. The van der Waals surface area contributed by atoms with Crippen molar-refractivity contribution >= 4 is 23.2 Å². The number of benzene rings is 2. The molecule has 9 nitrogen and oxygen atoms in total. The minimum atomic E-state index is -1.11. The molecule has 3 rings (SSSR count). The third-order valence-electron chi connectivity index (χ3n) is 5.59. The number of rotatable bonds is 10. The molecule has 0 unspecified atom stereocenters. The van der Waals surface area contributed by atoms with E-state index in [1.165, 1.54) is 12.4 Å². The molecule has 2 atom stereocenters. The van der Waals surface area contributed by atoms with Gasteiger partial charge in [0.1, 0.15) is 0 Å². The van der Waals surface area contributed by atoms with Crippen LogP contribution in [0.2, 0.25) is 0 Å². The van der Waals surface area contributed by atoms with Gasteiger partial charge in [0.15, 0.2) is 6.04 Å². The van der Waals surface area contributed by atoms with Gasteiger partial charge in [-0.3, -0.25) is 24.8 Å². The molecule has 38 heavy (non-hydrogen) atoms. The van der Waals surface area contributed by atoms with Gasteiger partial charge in [0.2, 0.25) is 5.91 Å². The molecular formula is C29H31N5O4. The molecule has 0 fully saturated rings. The number of aliphatic hydroxyl groups is 1. The minimum absolute atomic E-state index is 0.120. The number of hydroxylamine groups is 1. The highest BCUT2D eigenvalue weighted by molar-refractivity contribution is 6.00. The van der Waals surface area contributed by atoms with E-state index < -0.39 is 18.1 Å². The Morgan fingerprint density at radius 2 is 1.68 bits per heavy atom. The van der Waals surface area contributed by atoms with Crippen molar-refractivity contribution in [3.8, 4) is 11.8 Å². The molecular weight excluding hydrogens is 482 g/mol. The van der Waals surface area contributed by atoms with Gasteiger partial charge in [-0.2, -0.15) is 0 Å². The molecule has 0 aliphatic rings. The summed E-state index contributed by atoms with van der Waals surface area (Å²) >= 11 is 0. The highest BCUT2D eigenvalue weighted by Crippen LogP contribution is 2.11. The summed E-state index contributed by atoms with van der Waals surface area (Å²) in [5.41, 5.74) is 6.23. The summed E-state index contributed by atoms with van der Waals surface area (Å²) < 4.78 is 0. The third-order valence-corrected chi connectivity index (χ3v) is 5.59. The maximum Gasteiger partial charge on any atom is 0.270 e. The van der Waals surface area contributed by atoms with Crippen molar-refractivity contribution in [1.82, 2.24) is 15.8 Å². The minimum Gasteiger partial charge on any atom is -0.391 e. The van der Waals surface area contributed by atoms with Crippen LogP contribution >= 0.6 is 0 Å². The van der Waals surface area contributed by atoms with Gasteiger partial charge in [-0.25, -0.2) is 5.48 Å². The summed E-state index contributed by atoms with van der Waals surface area (Å²) in [4.78, 5) is 32.2. The average molecular weight is 514 g/mol. The van der Waals surface area contributed by atoms with Crippen LogP contribution in [0, 0.1) is 11.8 Å². The van der Waals surface area contributed by atoms with Gasteiger partial charge in [-0.1, -0.05) is 30.0 Å². The van der Waals surface area contributed by atoms with E-state index in [0.717, 1.165) is 28.7 Å². The highest BCUT2D eigenvalue weighted by Gasteiger charge is 2.22. The monoisotopic (exact) mass is 513 g/mol. The predicted molar refractivity (Wildman–Crippen MR) is 146 cm³/mol. The second-order valence-corrected chi connectivity index (χ2v) is 8.62. The molecule has 1 heterocycles. The fourth-order valence-corrected chi connectivity index (χ4v) is 3.50. The number of amides is 2. The SMILES string of the molecule is CC(=N[C@H](C(=O)NO)[C@@H](C)O)c1ccc(C#Cc2ccc(NC(=O)CNCCc3cccnc3)cc2)cc1. The Morgan fingerprint density at radius 3 is 2.26 bits per heavy atom. The van der Waals surface area contributed by atoms with Crippen LogP contribution in [-0.4, -0.2) is 58.1 Å². The molecule has 0 spiro atoms. The van der Waals surface area contributed by atoms with Crippen LogP contribution in [0.15, 0.2) is 78.0 Å². The zero-order chi connectivity index (χ0) is 27.3. The normalized spacial score (nSPS) is 12.6. The lowest BCUT2D eigenvalue weighted by Gasteiger charge is -2.14. The van der Waals surface area contributed by atoms with E-state index in [2.05, 4.69) is 32.5 Å². The van der Waals surface area contributed by atoms with E-state index in [1.54, 1.807) is 13.1 Å². The number of aliphatic hydroxyl groups excluding tert-OH is 1. The van der Waals surface area contributed by atoms with Crippen LogP contribution < -0.4 is 16.1 Å². The first-order chi connectivity index (χ1) is 18.4. The van der Waals surface area contributed by atoms with E-state index in [-0.39, 0.29) is 12.5 Å². The van der Waals surface area contributed by atoms with E-state index in [4.69, 9.17) is 5.21 Å². The van der Waals surface area contributed by atoms with Crippen molar-refractivity contribution in [2.24, 2.45) is 4.99 Å². The molecule has 3 aromatic rings. The smallest absolute Gasteiger partial charge is 0.270 e. The molecule has 0 saturated heterocycles. The maximum absolute atomic E-state index is 12.2. The molecule has 0 aliphatic heterocycles. The Morgan fingerprint density at radius 1 is 1.03 bits per heavy atom. The number of pyridine rings is 1. The number of aliphatic imine (C=N–C) groups is 1. The van der Waals surface area contributed by atoms with Crippen molar-refractivity contribution < 1.29 is 19.9 Å². The molecule has 0 bridgehead atoms. The number of nitrogens with zero attached hydrogens (tertiary/aromatic N) is 2. The van der Waals surface area contributed by atoms with Crippen molar-refractivity contribution in [1.29, 1.82) is 0 Å². The van der Waals surface area contributed by atoms with Crippen molar-refractivity contribution in [2.45, 2.75) is 32.4 Å². The lowest BCUT2D eigenvalue weighted by Crippen LogP contribution is -2.38. The Kier molecular flexibility index (Phi) is 10.7. The topological polar surface area (TPSA) is 136 Å². The van der Waals surface area contributed by atoms with E-state index >= 15 is 0 Å². The van der Waals surface area contributed by atoms with Crippen LogP contribution in [0.1, 0.15) is 36.1 Å². The zero-order valence-corrected chi connectivity index (χ0v) is 21.3. The molecule has 5 N–H and O–H groups in total. The summed E-state index contributed by atoms with van der Waals surface area (Å²) in [5.74, 6) is 5.29.